The molecule has 16 aromatic rings. The fourth-order valence-corrected chi connectivity index (χ4v) is 13.7. The molecule has 17 nitrogen and oxygen atoms in total. The van der Waals surface area contributed by atoms with Crippen molar-refractivity contribution in [1.82, 2.24) is 0 Å². The van der Waals surface area contributed by atoms with E-state index in [0.29, 0.717) is 139 Å². The van der Waals surface area contributed by atoms with Crippen LogP contribution in [0.4, 0.5) is 0 Å². The summed E-state index contributed by atoms with van der Waals surface area (Å²) in [6.45, 7) is 2.96. The molecule has 1 heterocycles. The first-order valence-corrected chi connectivity index (χ1v) is 42.0. The van der Waals surface area contributed by atoms with Crippen molar-refractivity contribution in [3.63, 3.8) is 0 Å². The van der Waals surface area contributed by atoms with E-state index >= 15 is 0 Å². The minimum atomic E-state index is -0.651. The molecule has 17 heteroatoms. The third-order valence-electron chi connectivity index (χ3n) is 20.1. The van der Waals surface area contributed by atoms with Gasteiger partial charge in [0.25, 0.3) is 0 Å². The molecule has 0 saturated heterocycles. The molecule has 0 unspecified atom stereocenters. The molecular formula is C110H94O17. The zero-order valence-corrected chi connectivity index (χ0v) is 70.0. The highest BCUT2D eigenvalue weighted by Crippen LogP contribution is 2.36. The van der Waals surface area contributed by atoms with Crippen LogP contribution in [-0.4, -0.2) is 5.97 Å². The number of furan rings is 1. The van der Waals surface area contributed by atoms with Gasteiger partial charge in [-0.3, -0.25) is 0 Å². The fraction of sp³-hybridized carbons (Fsp3) is 0.136. The van der Waals surface area contributed by atoms with Crippen LogP contribution in [0, 0.1) is 0 Å². The van der Waals surface area contributed by atoms with Gasteiger partial charge < -0.3 is 75.5 Å². The Hall–Kier alpha value is -15.8. The van der Waals surface area contributed by atoms with E-state index in [4.69, 9.17) is 75.5 Å². The summed E-state index contributed by atoms with van der Waals surface area (Å²) >= 11 is 0. The quantitative estimate of drug-likeness (QED) is 0.0330. The van der Waals surface area contributed by atoms with Gasteiger partial charge in [-0.05, 0) is 175 Å². The van der Waals surface area contributed by atoms with Crippen LogP contribution in [0.3, 0.4) is 0 Å². The second-order valence-corrected chi connectivity index (χ2v) is 30.2. The van der Waals surface area contributed by atoms with E-state index in [9.17, 15) is 4.79 Å². The van der Waals surface area contributed by atoms with Crippen LogP contribution in [0.25, 0.3) is 0 Å². The highest BCUT2D eigenvalue weighted by Gasteiger charge is 2.19. The van der Waals surface area contributed by atoms with Gasteiger partial charge in [0.2, 0.25) is 0 Å². The van der Waals surface area contributed by atoms with Gasteiger partial charge in [0.05, 0.1) is 11.8 Å². The molecule has 0 amide bonds. The topological polar surface area (TPSA) is 169 Å². The average Bonchev–Trinajstić information content (AvgIpc) is 0.834. The SMILES string of the molecule is O=C(OCc1ccco1)c1cc(OCc2cc(OCc3cc(OCc4ccccc4)cc(OCc4ccccc4)c3)cc(OCc3cc(OCc4ccccc4)cc(OCc4ccccc4)c3)c2)cc(OCc2cc(OCc3cc(OCc4ccccc4)cc(OCc4ccccc4)c3)cc(OCc3cc(OCc4ccccc4)cc(OCc4ccccc4)c3)c2)c1. The Morgan fingerprint density at radius 1 is 0.165 bits per heavy atom. The summed E-state index contributed by atoms with van der Waals surface area (Å²) < 4.78 is 104. The summed E-state index contributed by atoms with van der Waals surface area (Å²) in [5.74, 6) is 7.12. The van der Waals surface area contributed by atoms with Gasteiger partial charge in [0, 0.05) is 42.5 Å². The van der Waals surface area contributed by atoms with Gasteiger partial charge in [-0.1, -0.05) is 243 Å². The van der Waals surface area contributed by atoms with Crippen LogP contribution < -0.4 is 66.3 Å². The molecule has 0 atom stereocenters. The maximum absolute atomic E-state index is 14.4. The Labute approximate surface area is 739 Å². The molecule has 16 rings (SSSR count). The predicted molar refractivity (Wildman–Crippen MR) is 485 cm³/mol. The normalized spacial score (nSPS) is 10.9. The molecule has 127 heavy (non-hydrogen) atoms. The van der Waals surface area contributed by atoms with Crippen molar-refractivity contribution in [1.29, 1.82) is 0 Å². The van der Waals surface area contributed by atoms with Crippen molar-refractivity contribution in [2.24, 2.45) is 0 Å². The third kappa shape index (κ3) is 27.1. The molecular weight excluding hydrogens is 1590 g/mol. The van der Waals surface area contributed by atoms with Crippen LogP contribution in [0.15, 0.2) is 393 Å². The Morgan fingerprint density at radius 3 is 0.480 bits per heavy atom. The van der Waals surface area contributed by atoms with E-state index in [0.717, 1.165) is 66.8 Å². The second kappa shape index (κ2) is 44.4. The molecule has 0 aliphatic rings. The van der Waals surface area contributed by atoms with Crippen molar-refractivity contribution in [3.05, 3.63) is 478 Å². The maximum Gasteiger partial charge on any atom is 0.338 e. The van der Waals surface area contributed by atoms with E-state index in [-0.39, 0.29) is 63.3 Å². The zero-order chi connectivity index (χ0) is 86.1. The number of esters is 1. The Balaban J connectivity index is 0.698. The van der Waals surface area contributed by atoms with Crippen molar-refractivity contribution in [2.75, 3.05) is 0 Å². The van der Waals surface area contributed by atoms with Crippen LogP contribution in [0.5, 0.6) is 80.5 Å². The molecule has 15 aromatic carbocycles. The summed E-state index contributed by atoms with van der Waals surface area (Å²) in [7, 11) is 0. The van der Waals surface area contributed by atoms with Gasteiger partial charge in [0.1, 0.15) is 185 Å². The number of hydrogen-bond acceptors (Lipinski definition) is 17. The highest BCUT2D eigenvalue weighted by atomic mass is 16.5. The summed E-state index contributed by atoms with van der Waals surface area (Å²) in [5.41, 5.74) is 12.7. The Morgan fingerprint density at radius 2 is 0.323 bits per heavy atom. The van der Waals surface area contributed by atoms with Crippen molar-refractivity contribution < 1.29 is 80.3 Å². The summed E-state index contributed by atoms with van der Waals surface area (Å²) in [4.78, 5) is 14.4. The predicted octanol–water partition coefficient (Wildman–Crippen LogP) is 24.7. The highest BCUT2D eigenvalue weighted by molar-refractivity contribution is 5.90. The molecule has 0 fully saturated rings. The maximum atomic E-state index is 14.4. The van der Waals surface area contributed by atoms with E-state index < -0.39 is 5.97 Å². The van der Waals surface area contributed by atoms with Gasteiger partial charge in [-0.25, -0.2) is 4.79 Å². The van der Waals surface area contributed by atoms with E-state index in [1.807, 2.05) is 352 Å². The minimum Gasteiger partial charge on any atom is -0.489 e. The first kappa shape index (κ1) is 84.8. The number of ether oxygens (including phenoxy) is 15. The lowest BCUT2D eigenvalue weighted by Crippen LogP contribution is -2.07. The van der Waals surface area contributed by atoms with Crippen LogP contribution >= 0.6 is 0 Å². The first-order valence-electron chi connectivity index (χ1n) is 42.0. The number of carbonyl (C=O) groups excluding carboxylic acids is 1. The van der Waals surface area contributed by atoms with Crippen molar-refractivity contribution in [3.8, 4) is 80.5 Å². The zero-order valence-electron chi connectivity index (χ0n) is 70.0. The smallest absolute Gasteiger partial charge is 0.338 e. The molecule has 0 aliphatic heterocycles. The Kier molecular flexibility index (Phi) is 29.6. The monoisotopic (exact) mass is 1690 g/mol. The van der Waals surface area contributed by atoms with E-state index in [1.54, 1.807) is 30.3 Å². The summed E-state index contributed by atoms with van der Waals surface area (Å²) in [5, 5.41) is 0. The molecule has 0 N–H and O–H groups in total. The minimum absolute atomic E-state index is 0.0377. The molecule has 1 aromatic heterocycles. The molecule has 0 radical (unpaired) electrons. The summed E-state index contributed by atoms with van der Waals surface area (Å²) in [6, 6.07) is 123. The van der Waals surface area contributed by atoms with E-state index in [2.05, 4.69) is 0 Å². The molecule has 0 bridgehead atoms. The van der Waals surface area contributed by atoms with Crippen LogP contribution in [0.1, 0.15) is 94.0 Å². The summed E-state index contributed by atoms with van der Waals surface area (Å²) in [6.07, 6.45) is 1.52. The van der Waals surface area contributed by atoms with Gasteiger partial charge >= 0.3 is 5.97 Å². The number of rotatable bonds is 45. The van der Waals surface area contributed by atoms with E-state index in [1.165, 1.54) is 6.26 Å². The average molecular weight is 1690 g/mol. The van der Waals surface area contributed by atoms with Gasteiger partial charge in [-0.15, -0.1) is 0 Å². The number of carbonyl (C=O) groups is 1. The number of benzene rings is 15. The van der Waals surface area contributed by atoms with Crippen molar-refractivity contribution >= 4 is 5.97 Å². The molecule has 0 spiro atoms. The molecule has 0 saturated carbocycles. The lowest BCUT2D eigenvalue weighted by molar-refractivity contribution is 0.0444. The lowest BCUT2D eigenvalue weighted by Gasteiger charge is -2.17. The third-order valence-corrected chi connectivity index (χ3v) is 20.1. The van der Waals surface area contributed by atoms with Gasteiger partial charge in [-0.2, -0.15) is 0 Å². The van der Waals surface area contributed by atoms with Gasteiger partial charge in [0.15, 0.2) is 0 Å². The van der Waals surface area contributed by atoms with Crippen LogP contribution in [-0.2, 0) is 104 Å². The molecule has 0 aliphatic carbocycles. The largest absolute Gasteiger partial charge is 0.489 e. The van der Waals surface area contributed by atoms with Crippen molar-refractivity contribution in [2.45, 2.75) is 99.1 Å². The number of hydrogen-bond donors (Lipinski definition) is 0. The molecule has 636 valence electrons. The second-order valence-electron chi connectivity index (χ2n) is 30.2. The lowest BCUT2D eigenvalue weighted by atomic mass is 10.1. The van der Waals surface area contributed by atoms with Crippen LogP contribution in [0.2, 0.25) is 0 Å². The Bertz CT molecular complexity index is 5200. The standard InChI is InChI=1S/C110H94O17/c111-110(127-79-95-42-25-43-112-95)94-56-108(125-77-92-52-104(121-73-88-44-96(113-65-80-26-9-1-10-27-80)58-97(45-88)114-66-81-28-11-2-12-29-81)62-105(53-92)122-74-89-46-98(115-67-82-30-13-3-14-31-82)59-99(47-89)116-68-83-32-15-4-16-33-83)64-109(57-94)126-78-93-54-106(123-75-90-48-100(117-69-84-34-17-5-18-35-84)60-101(49-90)118-70-85-36-19-6-20-37-85)63-107(55-93)124-76-91-50-102(119-71-86-38-21-7-22-39-86)61-103(51-91)120-72-87-40-23-8-24-41-87/h1-64H,65-79H2. The first-order chi connectivity index (χ1) is 62.7. The fourth-order valence-electron chi connectivity index (χ4n) is 13.7.